The maximum atomic E-state index is 12.1. The van der Waals surface area contributed by atoms with Gasteiger partial charge in [-0.1, -0.05) is 39.8 Å². The molecule has 21 heavy (non-hydrogen) atoms. The van der Waals surface area contributed by atoms with Crippen molar-refractivity contribution in [3.8, 4) is 0 Å². The summed E-state index contributed by atoms with van der Waals surface area (Å²) in [7, 11) is 0. The summed E-state index contributed by atoms with van der Waals surface area (Å²) in [6.07, 6.45) is 4.45. The molecule has 0 saturated heterocycles. The van der Waals surface area contributed by atoms with Crippen LogP contribution < -0.4 is 5.43 Å². The molecule has 0 spiro atoms. The van der Waals surface area contributed by atoms with E-state index in [-0.39, 0.29) is 11.3 Å². The molecule has 1 fully saturated rings. The SMILES string of the molecule is C[C@@H]1CCC/C(=N/NC(=O)c2ccc(C(C)(C)C)cc2)C1. The lowest BCUT2D eigenvalue weighted by molar-refractivity contribution is 0.0954. The number of hydrazone groups is 1. The summed E-state index contributed by atoms with van der Waals surface area (Å²) in [6, 6.07) is 7.79. The molecule has 0 aliphatic heterocycles. The van der Waals surface area contributed by atoms with E-state index in [1.807, 2.05) is 24.3 Å². The van der Waals surface area contributed by atoms with Gasteiger partial charge in [0.1, 0.15) is 0 Å². The number of nitrogens with one attached hydrogen (secondary N) is 1. The van der Waals surface area contributed by atoms with Crippen LogP contribution in [0, 0.1) is 5.92 Å². The Labute approximate surface area is 127 Å². The summed E-state index contributed by atoms with van der Waals surface area (Å²) in [5.41, 5.74) is 5.81. The van der Waals surface area contributed by atoms with Gasteiger partial charge in [-0.3, -0.25) is 4.79 Å². The molecule has 2 rings (SSSR count). The van der Waals surface area contributed by atoms with Gasteiger partial charge in [0.15, 0.2) is 0 Å². The Kier molecular flexibility index (Phi) is 4.81. The maximum Gasteiger partial charge on any atom is 0.271 e. The average Bonchev–Trinajstić information content (AvgIpc) is 2.44. The Bertz CT molecular complexity index is 523. The van der Waals surface area contributed by atoms with Crippen LogP contribution in [0.3, 0.4) is 0 Å². The van der Waals surface area contributed by atoms with Gasteiger partial charge in [-0.25, -0.2) is 5.43 Å². The quantitative estimate of drug-likeness (QED) is 0.810. The smallest absolute Gasteiger partial charge is 0.267 e. The molecule has 0 heterocycles. The van der Waals surface area contributed by atoms with Crippen LogP contribution in [0.5, 0.6) is 0 Å². The predicted molar refractivity (Wildman–Crippen MR) is 87.7 cm³/mol. The Morgan fingerprint density at radius 3 is 2.48 bits per heavy atom. The first-order valence-corrected chi connectivity index (χ1v) is 7.82. The van der Waals surface area contributed by atoms with E-state index < -0.39 is 0 Å². The van der Waals surface area contributed by atoms with Crippen LogP contribution in [0.15, 0.2) is 29.4 Å². The monoisotopic (exact) mass is 286 g/mol. The molecular weight excluding hydrogens is 260 g/mol. The molecule has 114 valence electrons. The molecule has 0 radical (unpaired) electrons. The van der Waals surface area contributed by atoms with Crippen LogP contribution >= 0.6 is 0 Å². The van der Waals surface area contributed by atoms with Crippen LogP contribution in [0.4, 0.5) is 0 Å². The summed E-state index contributed by atoms with van der Waals surface area (Å²) < 4.78 is 0. The van der Waals surface area contributed by atoms with E-state index in [1.165, 1.54) is 18.4 Å². The molecule has 0 unspecified atom stereocenters. The molecular formula is C18H26N2O. The van der Waals surface area contributed by atoms with Gasteiger partial charge < -0.3 is 0 Å². The second kappa shape index (κ2) is 6.42. The highest BCUT2D eigenvalue weighted by atomic mass is 16.2. The van der Waals surface area contributed by atoms with Crippen molar-refractivity contribution in [3.05, 3.63) is 35.4 Å². The summed E-state index contributed by atoms with van der Waals surface area (Å²) in [5.74, 6) is 0.557. The molecule has 1 aromatic carbocycles. The lowest BCUT2D eigenvalue weighted by Crippen LogP contribution is -2.22. The van der Waals surface area contributed by atoms with Crippen molar-refractivity contribution in [2.75, 3.05) is 0 Å². The van der Waals surface area contributed by atoms with Gasteiger partial charge in [-0.2, -0.15) is 5.10 Å². The van der Waals surface area contributed by atoms with Gasteiger partial charge in [-0.05, 0) is 54.7 Å². The van der Waals surface area contributed by atoms with Crippen LogP contribution in [0.25, 0.3) is 0 Å². The number of benzene rings is 1. The standard InChI is InChI=1S/C18H26N2O/c1-13-6-5-7-16(12-13)19-20-17(21)14-8-10-15(11-9-14)18(2,3)4/h8-11,13H,5-7,12H2,1-4H3,(H,20,21)/b19-16-/t13-/m1/s1. The second-order valence-electron chi connectivity index (χ2n) is 7.15. The number of hydrogen-bond donors (Lipinski definition) is 1. The largest absolute Gasteiger partial charge is 0.271 e. The zero-order valence-corrected chi connectivity index (χ0v) is 13.6. The normalized spacial score (nSPS) is 21.3. The van der Waals surface area contributed by atoms with Gasteiger partial charge in [0, 0.05) is 11.3 Å². The number of hydrogen-bond acceptors (Lipinski definition) is 2. The number of carbonyl (C=O) groups excluding carboxylic acids is 1. The Balaban J connectivity index is 1.99. The Morgan fingerprint density at radius 2 is 1.90 bits per heavy atom. The van der Waals surface area contributed by atoms with Crippen LogP contribution in [0.1, 0.15) is 69.3 Å². The molecule has 1 N–H and O–H groups in total. The topological polar surface area (TPSA) is 41.5 Å². The summed E-state index contributed by atoms with van der Waals surface area (Å²) in [5, 5.41) is 4.30. The van der Waals surface area contributed by atoms with Crippen molar-refractivity contribution in [2.45, 2.75) is 58.8 Å². The lowest BCUT2D eigenvalue weighted by atomic mass is 9.87. The van der Waals surface area contributed by atoms with E-state index in [0.29, 0.717) is 11.5 Å². The minimum absolute atomic E-state index is 0.105. The molecule has 1 saturated carbocycles. The van der Waals surface area contributed by atoms with E-state index in [9.17, 15) is 4.79 Å². The first-order valence-electron chi connectivity index (χ1n) is 7.82. The van der Waals surface area contributed by atoms with Crippen molar-refractivity contribution in [3.63, 3.8) is 0 Å². The summed E-state index contributed by atoms with van der Waals surface area (Å²) >= 11 is 0. The predicted octanol–water partition coefficient (Wildman–Crippen LogP) is 4.28. The van der Waals surface area contributed by atoms with Crippen molar-refractivity contribution in [1.82, 2.24) is 5.43 Å². The van der Waals surface area contributed by atoms with E-state index in [4.69, 9.17) is 0 Å². The molecule has 1 amide bonds. The van der Waals surface area contributed by atoms with Crippen molar-refractivity contribution >= 4 is 11.6 Å². The van der Waals surface area contributed by atoms with Gasteiger partial charge in [0.25, 0.3) is 5.91 Å². The van der Waals surface area contributed by atoms with E-state index in [0.717, 1.165) is 18.6 Å². The second-order valence-corrected chi connectivity index (χ2v) is 7.15. The third-order valence-corrected chi connectivity index (χ3v) is 4.08. The first-order chi connectivity index (χ1) is 9.86. The lowest BCUT2D eigenvalue weighted by Gasteiger charge is -2.19. The van der Waals surface area contributed by atoms with Gasteiger partial charge in [0.05, 0.1) is 0 Å². The van der Waals surface area contributed by atoms with E-state index in [2.05, 4.69) is 38.2 Å². The Morgan fingerprint density at radius 1 is 1.24 bits per heavy atom. The van der Waals surface area contributed by atoms with E-state index in [1.54, 1.807) is 0 Å². The van der Waals surface area contributed by atoms with Crippen molar-refractivity contribution < 1.29 is 4.79 Å². The third-order valence-electron chi connectivity index (χ3n) is 4.08. The highest BCUT2D eigenvalue weighted by Gasteiger charge is 2.16. The van der Waals surface area contributed by atoms with Crippen LogP contribution in [-0.2, 0) is 5.41 Å². The van der Waals surface area contributed by atoms with Crippen LogP contribution in [-0.4, -0.2) is 11.6 Å². The molecule has 1 aliphatic carbocycles. The summed E-state index contributed by atoms with van der Waals surface area (Å²) in [4.78, 5) is 12.1. The minimum atomic E-state index is -0.124. The molecule has 3 heteroatoms. The maximum absolute atomic E-state index is 12.1. The van der Waals surface area contributed by atoms with Crippen LogP contribution in [0.2, 0.25) is 0 Å². The zero-order valence-electron chi connectivity index (χ0n) is 13.6. The number of nitrogens with zero attached hydrogens (tertiary/aromatic N) is 1. The van der Waals surface area contributed by atoms with Gasteiger partial charge >= 0.3 is 0 Å². The fourth-order valence-electron chi connectivity index (χ4n) is 2.68. The molecule has 1 aromatic rings. The molecule has 0 aromatic heterocycles. The molecule has 1 atom stereocenters. The highest BCUT2D eigenvalue weighted by Crippen LogP contribution is 2.22. The van der Waals surface area contributed by atoms with Crippen molar-refractivity contribution in [1.29, 1.82) is 0 Å². The third kappa shape index (κ3) is 4.42. The minimum Gasteiger partial charge on any atom is -0.267 e. The molecule has 3 nitrogen and oxygen atoms in total. The van der Waals surface area contributed by atoms with Gasteiger partial charge in [-0.15, -0.1) is 0 Å². The highest BCUT2D eigenvalue weighted by molar-refractivity contribution is 5.95. The number of carbonyl (C=O) groups is 1. The number of rotatable bonds is 2. The average molecular weight is 286 g/mol. The fourth-order valence-corrected chi connectivity index (χ4v) is 2.68. The molecule has 1 aliphatic rings. The zero-order chi connectivity index (χ0) is 15.5. The van der Waals surface area contributed by atoms with Gasteiger partial charge in [0.2, 0.25) is 0 Å². The Hall–Kier alpha value is -1.64. The molecule has 0 bridgehead atoms. The van der Waals surface area contributed by atoms with E-state index >= 15 is 0 Å². The summed E-state index contributed by atoms with van der Waals surface area (Å²) in [6.45, 7) is 8.73. The van der Waals surface area contributed by atoms with Crippen molar-refractivity contribution in [2.24, 2.45) is 11.0 Å². The number of amides is 1. The fraction of sp³-hybridized carbons (Fsp3) is 0.556. The first kappa shape index (κ1) is 15.7.